The third-order valence-corrected chi connectivity index (χ3v) is 3.66. The summed E-state index contributed by atoms with van der Waals surface area (Å²) in [6.07, 6.45) is 2.26. The van der Waals surface area contributed by atoms with Gasteiger partial charge in [-0.1, -0.05) is 0 Å². The summed E-state index contributed by atoms with van der Waals surface area (Å²) >= 11 is 0. The number of hydrogen-bond donors (Lipinski definition) is 1. The summed E-state index contributed by atoms with van der Waals surface area (Å²) in [5.41, 5.74) is 0.764. The van der Waals surface area contributed by atoms with E-state index in [1.807, 2.05) is 4.90 Å². The van der Waals surface area contributed by atoms with Crippen molar-refractivity contribution >= 4 is 5.97 Å². The number of carbonyl (C=O) groups is 1. The molecule has 0 radical (unpaired) electrons. The molecule has 0 spiro atoms. The summed E-state index contributed by atoms with van der Waals surface area (Å²) in [6, 6.07) is 6.01. The molecular weight excluding hydrogens is 275 g/mol. The molecule has 0 saturated carbocycles. The van der Waals surface area contributed by atoms with Gasteiger partial charge in [-0.3, -0.25) is 9.69 Å². The van der Waals surface area contributed by atoms with E-state index in [-0.39, 0.29) is 11.7 Å². The van der Waals surface area contributed by atoms with Gasteiger partial charge in [-0.05, 0) is 37.2 Å². The lowest BCUT2D eigenvalue weighted by molar-refractivity contribution is -0.141. The first kappa shape index (κ1) is 13.8. The summed E-state index contributed by atoms with van der Waals surface area (Å²) in [4.78, 5) is 17.1. The summed E-state index contributed by atoms with van der Waals surface area (Å²) in [5.74, 6) is -0.233. The molecule has 0 aliphatic carbocycles. The number of carboxylic acids is 1. The Balaban J connectivity index is 1.66. The normalized spacial score (nSPS) is 19.0. The lowest BCUT2D eigenvalue weighted by Crippen LogP contribution is -2.22. The molecule has 1 N–H and O–H groups in total. The van der Waals surface area contributed by atoms with Crippen LogP contribution in [0.2, 0.25) is 0 Å². The summed E-state index contributed by atoms with van der Waals surface area (Å²) in [6.45, 7) is 1.74. The van der Waals surface area contributed by atoms with Crippen LogP contribution in [0, 0.1) is 11.7 Å². The van der Waals surface area contributed by atoms with Gasteiger partial charge in [-0.2, -0.15) is 0 Å². The second-order valence-corrected chi connectivity index (χ2v) is 5.18. The molecule has 1 atom stereocenters. The fourth-order valence-electron chi connectivity index (χ4n) is 2.50. The molecule has 1 saturated heterocycles. The Hall–Kier alpha value is -2.21. The zero-order chi connectivity index (χ0) is 14.8. The highest BCUT2D eigenvalue weighted by molar-refractivity contribution is 5.70. The highest BCUT2D eigenvalue weighted by atomic mass is 19.1. The Morgan fingerprint density at radius 2 is 2.19 bits per heavy atom. The van der Waals surface area contributed by atoms with Crippen molar-refractivity contribution in [3.8, 4) is 11.3 Å². The van der Waals surface area contributed by atoms with Crippen molar-refractivity contribution in [3.63, 3.8) is 0 Å². The summed E-state index contributed by atoms with van der Waals surface area (Å²) in [7, 11) is 0. The van der Waals surface area contributed by atoms with Gasteiger partial charge < -0.3 is 9.52 Å². The number of oxazole rings is 1. The Labute approximate surface area is 121 Å². The van der Waals surface area contributed by atoms with E-state index in [9.17, 15) is 9.18 Å². The zero-order valence-corrected chi connectivity index (χ0v) is 11.3. The van der Waals surface area contributed by atoms with E-state index in [0.717, 1.165) is 12.1 Å². The van der Waals surface area contributed by atoms with E-state index in [4.69, 9.17) is 9.52 Å². The Morgan fingerprint density at radius 1 is 1.43 bits per heavy atom. The van der Waals surface area contributed by atoms with Crippen LogP contribution in [-0.4, -0.2) is 34.0 Å². The number of benzene rings is 1. The number of aromatic nitrogens is 1. The topological polar surface area (TPSA) is 66.6 Å². The van der Waals surface area contributed by atoms with Crippen LogP contribution in [0.3, 0.4) is 0 Å². The van der Waals surface area contributed by atoms with E-state index >= 15 is 0 Å². The molecule has 2 aromatic rings. The van der Waals surface area contributed by atoms with Crippen molar-refractivity contribution in [2.24, 2.45) is 5.92 Å². The lowest BCUT2D eigenvalue weighted by Gasteiger charge is -2.11. The van der Waals surface area contributed by atoms with Crippen LogP contribution in [-0.2, 0) is 11.3 Å². The number of aliphatic carboxylic acids is 1. The number of halogens is 1. The number of hydrogen-bond acceptors (Lipinski definition) is 4. The fourth-order valence-corrected chi connectivity index (χ4v) is 2.50. The maximum atomic E-state index is 12.9. The molecule has 0 amide bonds. The molecule has 0 bridgehead atoms. The molecule has 6 heteroatoms. The van der Waals surface area contributed by atoms with Crippen molar-refractivity contribution in [3.05, 3.63) is 42.2 Å². The number of nitrogens with zero attached hydrogens (tertiary/aromatic N) is 2. The van der Waals surface area contributed by atoms with E-state index in [2.05, 4.69) is 4.98 Å². The third kappa shape index (κ3) is 3.11. The highest BCUT2D eigenvalue weighted by Gasteiger charge is 2.28. The lowest BCUT2D eigenvalue weighted by atomic mass is 10.1. The van der Waals surface area contributed by atoms with Gasteiger partial charge >= 0.3 is 5.97 Å². The molecule has 110 valence electrons. The summed E-state index contributed by atoms with van der Waals surface area (Å²) in [5, 5.41) is 8.98. The van der Waals surface area contributed by atoms with Crippen LogP contribution in [0.15, 0.2) is 34.9 Å². The second-order valence-electron chi connectivity index (χ2n) is 5.18. The standard InChI is InChI=1S/C15H15FN2O3/c16-12-3-1-10(2-4-12)13-7-17-14(21-13)9-18-6-5-11(8-18)15(19)20/h1-4,7,11H,5-6,8-9H2,(H,19,20). The molecule has 1 aromatic carbocycles. The van der Waals surface area contributed by atoms with Gasteiger partial charge in [-0.25, -0.2) is 9.37 Å². The zero-order valence-electron chi connectivity index (χ0n) is 11.3. The number of likely N-dealkylation sites (tertiary alicyclic amines) is 1. The van der Waals surface area contributed by atoms with E-state index in [1.165, 1.54) is 12.1 Å². The maximum absolute atomic E-state index is 12.9. The Morgan fingerprint density at radius 3 is 2.86 bits per heavy atom. The second kappa shape index (κ2) is 5.65. The van der Waals surface area contributed by atoms with Gasteiger partial charge in [0.2, 0.25) is 5.89 Å². The number of rotatable bonds is 4. The van der Waals surface area contributed by atoms with Gasteiger partial charge in [0, 0.05) is 12.1 Å². The average molecular weight is 290 g/mol. The largest absolute Gasteiger partial charge is 0.481 e. The highest BCUT2D eigenvalue weighted by Crippen LogP contribution is 2.23. The molecule has 1 aliphatic rings. The van der Waals surface area contributed by atoms with Crippen LogP contribution < -0.4 is 0 Å². The predicted molar refractivity (Wildman–Crippen MR) is 72.9 cm³/mol. The molecule has 1 aromatic heterocycles. The van der Waals surface area contributed by atoms with Gasteiger partial charge in [-0.15, -0.1) is 0 Å². The maximum Gasteiger partial charge on any atom is 0.307 e. The van der Waals surface area contributed by atoms with Crippen LogP contribution >= 0.6 is 0 Å². The van der Waals surface area contributed by atoms with E-state index in [1.54, 1.807) is 18.3 Å². The first-order valence-electron chi connectivity index (χ1n) is 6.77. The van der Waals surface area contributed by atoms with Crippen molar-refractivity contribution < 1.29 is 18.7 Å². The van der Waals surface area contributed by atoms with Gasteiger partial charge in [0.05, 0.1) is 18.7 Å². The van der Waals surface area contributed by atoms with Crippen LogP contribution in [0.25, 0.3) is 11.3 Å². The van der Waals surface area contributed by atoms with Gasteiger partial charge in [0.25, 0.3) is 0 Å². The van der Waals surface area contributed by atoms with Crippen molar-refractivity contribution in [1.82, 2.24) is 9.88 Å². The fraction of sp³-hybridized carbons (Fsp3) is 0.333. The molecule has 1 unspecified atom stereocenters. The minimum atomic E-state index is -0.753. The van der Waals surface area contributed by atoms with Gasteiger partial charge in [0.1, 0.15) is 5.82 Å². The molecule has 1 aliphatic heterocycles. The monoisotopic (exact) mass is 290 g/mol. The summed E-state index contributed by atoms with van der Waals surface area (Å²) < 4.78 is 18.5. The minimum absolute atomic E-state index is 0.296. The first-order chi connectivity index (χ1) is 10.1. The Bertz CT molecular complexity index is 639. The molecule has 5 nitrogen and oxygen atoms in total. The molecule has 2 heterocycles. The number of carboxylic acid groups (broad SMARTS) is 1. The van der Waals surface area contributed by atoms with E-state index < -0.39 is 5.97 Å². The van der Waals surface area contributed by atoms with Crippen molar-refractivity contribution in [2.45, 2.75) is 13.0 Å². The SMILES string of the molecule is O=C(O)C1CCN(Cc2ncc(-c3ccc(F)cc3)o2)C1. The first-order valence-corrected chi connectivity index (χ1v) is 6.77. The Kier molecular flexibility index (Phi) is 3.70. The van der Waals surface area contributed by atoms with Crippen LogP contribution in [0.5, 0.6) is 0 Å². The molecule has 1 fully saturated rings. The average Bonchev–Trinajstić information content (AvgIpc) is 3.10. The molecule has 3 rings (SSSR count). The minimum Gasteiger partial charge on any atom is -0.481 e. The van der Waals surface area contributed by atoms with Crippen LogP contribution in [0.1, 0.15) is 12.3 Å². The van der Waals surface area contributed by atoms with Crippen LogP contribution in [0.4, 0.5) is 4.39 Å². The molecule has 21 heavy (non-hydrogen) atoms. The molecular formula is C15H15FN2O3. The smallest absolute Gasteiger partial charge is 0.307 e. The quantitative estimate of drug-likeness (QED) is 0.936. The van der Waals surface area contributed by atoms with Crippen molar-refractivity contribution in [2.75, 3.05) is 13.1 Å². The van der Waals surface area contributed by atoms with Gasteiger partial charge in [0.15, 0.2) is 5.76 Å². The van der Waals surface area contributed by atoms with E-state index in [0.29, 0.717) is 31.2 Å². The van der Waals surface area contributed by atoms with Crippen molar-refractivity contribution in [1.29, 1.82) is 0 Å². The third-order valence-electron chi connectivity index (χ3n) is 3.66. The predicted octanol–water partition coefficient (Wildman–Crippen LogP) is 2.39.